The maximum Gasteiger partial charge on any atom is 0.327 e. The van der Waals surface area contributed by atoms with E-state index in [0.29, 0.717) is 12.8 Å². The number of aliphatic hydroxyl groups excluding tert-OH is 1. The molecule has 5 nitrogen and oxygen atoms in total. The first-order chi connectivity index (χ1) is 17.0. The van der Waals surface area contributed by atoms with Crippen LogP contribution in [0, 0.1) is 12.8 Å². The topological polar surface area (TPSA) is 83.8 Å². The summed E-state index contributed by atoms with van der Waals surface area (Å²) in [6.07, 6.45) is 5.57. The van der Waals surface area contributed by atoms with E-state index in [0.717, 1.165) is 52.8 Å². The van der Waals surface area contributed by atoms with Crippen molar-refractivity contribution in [2.75, 3.05) is 0 Å². The number of esters is 1. The number of cyclic esters (lactones) is 1. The van der Waals surface area contributed by atoms with Crippen molar-refractivity contribution in [2.45, 2.75) is 100 Å². The Labute approximate surface area is 218 Å². The Morgan fingerprint density at radius 3 is 2.44 bits per heavy atom. The zero-order valence-corrected chi connectivity index (χ0v) is 22.6. The highest BCUT2D eigenvalue weighted by Gasteiger charge is 2.52. The summed E-state index contributed by atoms with van der Waals surface area (Å²) in [6, 6.07) is 11.1. The van der Waals surface area contributed by atoms with Gasteiger partial charge in [0.15, 0.2) is 11.0 Å². The Kier molecular flexibility index (Phi) is 7.86. The molecule has 2 N–H and O–H groups in total. The predicted molar refractivity (Wildman–Crippen MR) is 142 cm³/mol. The van der Waals surface area contributed by atoms with E-state index in [9.17, 15) is 19.8 Å². The fraction of sp³-hybridized carbons (Fsp3) is 0.533. The molecule has 2 aromatic carbocycles. The van der Waals surface area contributed by atoms with Crippen molar-refractivity contribution in [3.63, 3.8) is 0 Å². The van der Waals surface area contributed by atoms with Crippen LogP contribution >= 0.6 is 11.8 Å². The van der Waals surface area contributed by atoms with Crippen LogP contribution in [0.25, 0.3) is 0 Å². The first-order valence-corrected chi connectivity index (χ1v) is 13.9. The lowest BCUT2D eigenvalue weighted by Crippen LogP contribution is -2.53. The number of benzene rings is 2. The van der Waals surface area contributed by atoms with Crippen molar-refractivity contribution in [2.24, 2.45) is 5.92 Å². The normalized spacial score (nSPS) is 23.2. The van der Waals surface area contributed by atoms with Gasteiger partial charge in [0.1, 0.15) is 11.4 Å². The zero-order valence-electron chi connectivity index (χ0n) is 21.8. The number of aliphatic hydroxyl groups is 1. The van der Waals surface area contributed by atoms with Crippen molar-refractivity contribution < 1.29 is 24.5 Å². The number of ketones is 1. The molecule has 6 heteroatoms. The molecule has 1 heterocycles. The third-order valence-corrected chi connectivity index (χ3v) is 9.07. The number of aromatic hydroxyl groups is 1. The lowest BCUT2D eigenvalue weighted by molar-refractivity contribution is -0.177. The Balaban J connectivity index is 1.59. The van der Waals surface area contributed by atoms with Crippen LogP contribution in [-0.4, -0.2) is 32.8 Å². The average molecular weight is 511 g/mol. The second-order valence-electron chi connectivity index (χ2n) is 11.5. The minimum atomic E-state index is -0.888. The summed E-state index contributed by atoms with van der Waals surface area (Å²) in [6.45, 7) is 8.17. The number of Topliss-reactive ketones (excluding diaryl/α,β-unsaturated/α-hetero) is 1. The maximum absolute atomic E-state index is 13.6. The SMILES string of the molecule is Cc1cc(SC2C(=O)CC(CCc3cccc(O)c3)(C3CCCC3)OC2=O)c(C(C)(C)C)cc1CO. The number of aryl methyl sites for hydroxylation is 2. The smallest absolute Gasteiger partial charge is 0.327 e. The summed E-state index contributed by atoms with van der Waals surface area (Å²) in [5.41, 5.74) is 2.79. The van der Waals surface area contributed by atoms with Gasteiger partial charge in [-0.25, -0.2) is 0 Å². The number of hydrogen-bond acceptors (Lipinski definition) is 6. The van der Waals surface area contributed by atoms with Gasteiger partial charge in [0.2, 0.25) is 0 Å². The number of rotatable bonds is 7. The zero-order chi connectivity index (χ0) is 26.1. The van der Waals surface area contributed by atoms with E-state index in [4.69, 9.17) is 4.74 Å². The second-order valence-corrected chi connectivity index (χ2v) is 12.6. The van der Waals surface area contributed by atoms with Crippen molar-refractivity contribution in [3.05, 3.63) is 58.7 Å². The molecule has 0 spiro atoms. The van der Waals surface area contributed by atoms with Crippen LogP contribution in [0.15, 0.2) is 41.3 Å². The number of thioether (sulfide) groups is 1. The second kappa shape index (κ2) is 10.6. The number of hydrogen-bond donors (Lipinski definition) is 2. The van der Waals surface area contributed by atoms with Gasteiger partial charge < -0.3 is 14.9 Å². The standard InChI is InChI=1S/C30H38O5S/c1-19-14-26(24(29(2,3)4)16-21(19)18-31)36-27-25(33)17-30(35-28(27)34,22-9-5-6-10-22)13-12-20-8-7-11-23(32)15-20/h7-8,11,14-16,22,27,31-32H,5-6,9-10,12-13,17-18H2,1-4H3. The van der Waals surface area contributed by atoms with Crippen LogP contribution in [-0.2, 0) is 32.8 Å². The lowest BCUT2D eigenvalue weighted by Gasteiger charge is -2.43. The van der Waals surface area contributed by atoms with Gasteiger partial charge in [-0.3, -0.25) is 9.59 Å². The molecule has 1 aliphatic heterocycles. The third-order valence-electron chi connectivity index (χ3n) is 7.79. The van der Waals surface area contributed by atoms with Gasteiger partial charge in [-0.2, -0.15) is 0 Å². The molecule has 0 amide bonds. The van der Waals surface area contributed by atoms with E-state index in [2.05, 4.69) is 20.8 Å². The molecule has 194 valence electrons. The first-order valence-electron chi connectivity index (χ1n) is 13.0. The number of phenols is 1. The lowest BCUT2D eigenvalue weighted by atomic mass is 9.76. The van der Waals surface area contributed by atoms with Crippen molar-refractivity contribution in [1.29, 1.82) is 0 Å². The van der Waals surface area contributed by atoms with Crippen LogP contribution in [0.5, 0.6) is 5.75 Å². The van der Waals surface area contributed by atoms with Gasteiger partial charge >= 0.3 is 5.97 Å². The molecular formula is C30H38O5S. The fourth-order valence-corrected chi connectivity index (χ4v) is 7.07. The van der Waals surface area contributed by atoms with Crippen LogP contribution in [0.4, 0.5) is 0 Å². The molecule has 2 aromatic rings. The van der Waals surface area contributed by atoms with Crippen LogP contribution in [0.1, 0.15) is 81.5 Å². The van der Waals surface area contributed by atoms with Gasteiger partial charge in [-0.15, -0.1) is 11.8 Å². The highest BCUT2D eigenvalue weighted by atomic mass is 32.2. The molecule has 4 rings (SSSR count). The largest absolute Gasteiger partial charge is 0.508 e. The van der Waals surface area contributed by atoms with Crippen molar-refractivity contribution in [3.8, 4) is 5.75 Å². The minimum absolute atomic E-state index is 0.0483. The number of carbonyl (C=O) groups excluding carboxylic acids is 2. The minimum Gasteiger partial charge on any atom is -0.508 e. The monoisotopic (exact) mass is 510 g/mol. The van der Waals surface area contributed by atoms with E-state index >= 15 is 0 Å². The molecular weight excluding hydrogens is 472 g/mol. The molecule has 1 saturated heterocycles. The molecule has 0 bridgehead atoms. The van der Waals surface area contributed by atoms with E-state index in [1.165, 1.54) is 11.8 Å². The van der Waals surface area contributed by atoms with E-state index in [1.807, 2.05) is 31.2 Å². The molecule has 2 unspecified atom stereocenters. The summed E-state index contributed by atoms with van der Waals surface area (Å²) in [7, 11) is 0. The number of carbonyl (C=O) groups is 2. The van der Waals surface area contributed by atoms with Gasteiger partial charge in [0.05, 0.1) is 6.61 Å². The molecule has 1 saturated carbocycles. The van der Waals surface area contributed by atoms with Gasteiger partial charge in [-0.05, 0) is 84.4 Å². The summed E-state index contributed by atoms with van der Waals surface area (Å²) in [5.74, 6) is -0.108. The fourth-order valence-electron chi connectivity index (χ4n) is 5.72. The van der Waals surface area contributed by atoms with E-state index < -0.39 is 16.8 Å². The quantitative estimate of drug-likeness (QED) is 0.350. The Morgan fingerprint density at radius 1 is 1.11 bits per heavy atom. The average Bonchev–Trinajstić information content (AvgIpc) is 3.35. The van der Waals surface area contributed by atoms with Crippen molar-refractivity contribution >= 4 is 23.5 Å². The summed E-state index contributed by atoms with van der Waals surface area (Å²) < 4.78 is 6.28. The number of ether oxygens (including phenoxy) is 1. The summed E-state index contributed by atoms with van der Waals surface area (Å²) in [4.78, 5) is 28.0. The molecule has 1 aliphatic carbocycles. The van der Waals surface area contributed by atoms with Gasteiger partial charge in [0, 0.05) is 11.3 Å². The molecule has 2 aliphatic rings. The molecule has 2 atom stereocenters. The summed E-state index contributed by atoms with van der Waals surface area (Å²) in [5, 5.41) is 18.7. The Morgan fingerprint density at radius 2 is 1.83 bits per heavy atom. The Bertz CT molecular complexity index is 1110. The third kappa shape index (κ3) is 5.65. The Hall–Kier alpha value is -2.31. The number of phenolic OH excluding ortho intramolecular Hbond substituents is 1. The predicted octanol–water partition coefficient (Wildman–Crippen LogP) is 6.03. The van der Waals surface area contributed by atoms with Gasteiger partial charge in [0.25, 0.3) is 0 Å². The van der Waals surface area contributed by atoms with Gasteiger partial charge in [-0.1, -0.05) is 51.8 Å². The first kappa shape index (κ1) is 26.7. The van der Waals surface area contributed by atoms with Crippen LogP contribution in [0.3, 0.4) is 0 Å². The highest BCUT2D eigenvalue weighted by Crippen LogP contribution is 2.47. The van der Waals surface area contributed by atoms with E-state index in [1.54, 1.807) is 12.1 Å². The highest BCUT2D eigenvalue weighted by molar-refractivity contribution is 8.01. The summed E-state index contributed by atoms with van der Waals surface area (Å²) >= 11 is 1.29. The van der Waals surface area contributed by atoms with Crippen molar-refractivity contribution in [1.82, 2.24) is 0 Å². The van der Waals surface area contributed by atoms with Crippen LogP contribution < -0.4 is 0 Å². The molecule has 0 radical (unpaired) electrons. The molecule has 2 fully saturated rings. The van der Waals surface area contributed by atoms with E-state index in [-0.39, 0.29) is 35.9 Å². The molecule has 0 aromatic heterocycles. The van der Waals surface area contributed by atoms with Crippen LogP contribution in [0.2, 0.25) is 0 Å². The molecule has 36 heavy (non-hydrogen) atoms. The maximum atomic E-state index is 13.6.